The van der Waals surface area contributed by atoms with Crippen LogP contribution in [0, 0.1) is 11.3 Å². The quantitative estimate of drug-likeness (QED) is 0.819. The summed E-state index contributed by atoms with van der Waals surface area (Å²) in [7, 11) is 0. The fraction of sp³-hybridized carbons (Fsp3) is 0.278. The maximum atomic E-state index is 9.13. The Morgan fingerprint density at radius 3 is 2.48 bits per heavy atom. The van der Waals surface area contributed by atoms with Crippen LogP contribution in [0.15, 0.2) is 54.6 Å². The van der Waals surface area contributed by atoms with Crippen LogP contribution in [0.5, 0.6) is 0 Å². The Morgan fingerprint density at radius 2 is 1.76 bits per heavy atom. The molecular formula is C18H20N2O. The van der Waals surface area contributed by atoms with Crippen molar-refractivity contribution in [1.29, 1.82) is 5.26 Å². The van der Waals surface area contributed by atoms with Gasteiger partial charge in [0, 0.05) is 19.2 Å². The highest BCUT2D eigenvalue weighted by Crippen LogP contribution is 2.19. The lowest BCUT2D eigenvalue weighted by atomic mass is 10.0. The lowest BCUT2D eigenvalue weighted by Crippen LogP contribution is -2.21. The van der Waals surface area contributed by atoms with Crippen LogP contribution in [0.4, 0.5) is 0 Å². The number of nitriles is 1. The minimum atomic E-state index is 0.185. The van der Waals surface area contributed by atoms with E-state index in [0.717, 1.165) is 18.4 Å². The zero-order chi connectivity index (χ0) is 14.9. The van der Waals surface area contributed by atoms with Crippen LogP contribution in [-0.4, -0.2) is 11.7 Å². The van der Waals surface area contributed by atoms with Crippen LogP contribution in [0.2, 0.25) is 0 Å². The molecule has 3 nitrogen and oxygen atoms in total. The summed E-state index contributed by atoms with van der Waals surface area (Å²) in [6.45, 7) is 0.842. The van der Waals surface area contributed by atoms with Gasteiger partial charge >= 0.3 is 0 Å². The van der Waals surface area contributed by atoms with E-state index in [1.165, 1.54) is 5.56 Å². The molecule has 2 N–H and O–H groups in total. The van der Waals surface area contributed by atoms with E-state index in [2.05, 4.69) is 23.5 Å². The molecule has 0 aliphatic carbocycles. The maximum absolute atomic E-state index is 9.13. The summed E-state index contributed by atoms with van der Waals surface area (Å²) in [5, 5.41) is 21.7. The van der Waals surface area contributed by atoms with E-state index in [-0.39, 0.29) is 12.6 Å². The standard InChI is InChI=1S/C18H20N2O/c19-13-16-9-4-5-10-17(16)14-20-18(11-6-12-21)15-7-2-1-3-8-15/h1-5,7-10,18,20-21H,6,11-12,14H2. The van der Waals surface area contributed by atoms with Crippen molar-refractivity contribution in [1.82, 2.24) is 5.32 Å². The van der Waals surface area contributed by atoms with Crippen molar-refractivity contribution >= 4 is 0 Å². The highest BCUT2D eigenvalue weighted by molar-refractivity contribution is 5.37. The van der Waals surface area contributed by atoms with Gasteiger partial charge in [-0.2, -0.15) is 5.26 Å². The van der Waals surface area contributed by atoms with E-state index >= 15 is 0 Å². The Kier molecular flexibility index (Phi) is 5.96. The zero-order valence-electron chi connectivity index (χ0n) is 12.0. The van der Waals surface area contributed by atoms with E-state index in [9.17, 15) is 0 Å². The Hall–Kier alpha value is -2.15. The Labute approximate surface area is 125 Å². The number of aliphatic hydroxyl groups is 1. The molecule has 0 fully saturated rings. The van der Waals surface area contributed by atoms with Gasteiger partial charge in [0.15, 0.2) is 0 Å². The first-order valence-electron chi connectivity index (χ1n) is 7.22. The molecule has 0 aliphatic heterocycles. The van der Waals surface area contributed by atoms with E-state index in [4.69, 9.17) is 10.4 Å². The van der Waals surface area contributed by atoms with Crippen molar-refractivity contribution in [2.45, 2.75) is 25.4 Å². The number of hydrogen-bond acceptors (Lipinski definition) is 3. The first kappa shape index (κ1) is 15.2. The summed E-state index contributed by atoms with van der Waals surface area (Å²) in [6.07, 6.45) is 1.63. The van der Waals surface area contributed by atoms with Gasteiger partial charge in [-0.1, -0.05) is 48.5 Å². The van der Waals surface area contributed by atoms with E-state index in [0.29, 0.717) is 12.1 Å². The smallest absolute Gasteiger partial charge is 0.0995 e. The summed E-state index contributed by atoms with van der Waals surface area (Å²) < 4.78 is 0. The van der Waals surface area contributed by atoms with Crippen molar-refractivity contribution in [2.75, 3.05) is 6.61 Å². The third-order valence-corrected chi connectivity index (χ3v) is 3.53. The number of benzene rings is 2. The third-order valence-electron chi connectivity index (χ3n) is 3.53. The molecule has 1 unspecified atom stereocenters. The van der Waals surface area contributed by atoms with Gasteiger partial charge < -0.3 is 10.4 Å². The minimum Gasteiger partial charge on any atom is -0.396 e. The van der Waals surface area contributed by atoms with Crippen molar-refractivity contribution in [3.05, 3.63) is 71.3 Å². The second-order valence-electron chi connectivity index (χ2n) is 4.98. The lowest BCUT2D eigenvalue weighted by Gasteiger charge is -2.19. The SMILES string of the molecule is N#Cc1ccccc1CNC(CCCO)c1ccccc1. The molecule has 0 aromatic heterocycles. The molecular weight excluding hydrogens is 260 g/mol. The van der Waals surface area contributed by atoms with E-state index in [1.54, 1.807) is 0 Å². The number of aliphatic hydroxyl groups excluding tert-OH is 1. The molecule has 2 rings (SSSR count). The average Bonchev–Trinajstić information content (AvgIpc) is 2.56. The highest BCUT2D eigenvalue weighted by Gasteiger charge is 2.11. The summed E-state index contributed by atoms with van der Waals surface area (Å²) in [5.74, 6) is 0. The van der Waals surface area contributed by atoms with Gasteiger partial charge in [0.1, 0.15) is 0 Å². The summed E-state index contributed by atoms with van der Waals surface area (Å²) in [4.78, 5) is 0. The second-order valence-corrected chi connectivity index (χ2v) is 4.98. The van der Waals surface area contributed by atoms with Crippen LogP contribution >= 0.6 is 0 Å². The second kappa shape index (κ2) is 8.21. The first-order valence-corrected chi connectivity index (χ1v) is 7.22. The molecule has 0 aliphatic rings. The number of nitrogens with one attached hydrogen (secondary N) is 1. The molecule has 0 saturated heterocycles. The molecule has 2 aromatic rings. The Balaban J connectivity index is 2.07. The zero-order valence-corrected chi connectivity index (χ0v) is 12.0. The van der Waals surface area contributed by atoms with Gasteiger partial charge in [0.25, 0.3) is 0 Å². The Morgan fingerprint density at radius 1 is 1.05 bits per heavy atom. The van der Waals surface area contributed by atoms with Crippen LogP contribution in [0.3, 0.4) is 0 Å². The van der Waals surface area contributed by atoms with Gasteiger partial charge in [-0.05, 0) is 30.0 Å². The van der Waals surface area contributed by atoms with Crippen molar-refractivity contribution in [3.8, 4) is 6.07 Å². The predicted molar refractivity (Wildman–Crippen MR) is 83.5 cm³/mol. The molecule has 0 saturated carbocycles. The van der Waals surface area contributed by atoms with Crippen LogP contribution in [0.25, 0.3) is 0 Å². The molecule has 3 heteroatoms. The lowest BCUT2D eigenvalue weighted by molar-refractivity contribution is 0.275. The van der Waals surface area contributed by atoms with Crippen LogP contribution in [-0.2, 0) is 6.54 Å². The van der Waals surface area contributed by atoms with Crippen molar-refractivity contribution in [3.63, 3.8) is 0 Å². The fourth-order valence-corrected chi connectivity index (χ4v) is 2.38. The first-order chi connectivity index (χ1) is 10.3. The van der Waals surface area contributed by atoms with Gasteiger partial charge in [-0.25, -0.2) is 0 Å². The fourth-order valence-electron chi connectivity index (χ4n) is 2.38. The Bertz CT molecular complexity index is 590. The molecule has 0 spiro atoms. The number of nitrogens with zero attached hydrogens (tertiary/aromatic N) is 1. The topological polar surface area (TPSA) is 56.0 Å². The van der Waals surface area contributed by atoms with Gasteiger partial charge in [0.05, 0.1) is 11.6 Å². The monoisotopic (exact) mass is 280 g/mol. The number of hydrogen-bond donors (Lipinski definition) is 2. The molecule has 1 atom stereocenters. The van der Waals surface area contributed by atoms with Gasteiger partial charge in [-0.15, -0.1) is 0 Å². The van der Waals surface area contributed by atoms with Gasteiger partial charge in [-0.3, -0.25) is 0 Å². The molecule has 0 heterocycles. The molecule has 108 valence electrons. The normalized spacial score (nSPS) is 11.8. The largest absolute Gasteiger partial charge is 0.396 e. The van der Waals surface area contributed by atoms with Crippen molar-refractivity contribution in [2.24, 2.45) is 0 Å². The van der Waals surface area contributed by atoms with Crippen molar-refractivity contribution < 1.29 is 5.11 Å². The average molecular weight is 280 g/mol. The van der Waals surface area contributed by atoms with Crippen LogP contribution in [0.1, 0.15) is 35.6 Å². The minimum absolute atomic E-state index is 0.185. The molecule has 2 aromatic carbocycles. The predicted octanol–water partition coefficient (Wildman–Crippen LogP) is 3.16. The van der Waals surface area contributed by atoms with E-state index < -0.39 is 0 Å². The maximum Gasteiger partial charge on any atom is 0.0995 e. The highest BCUT2D eigenvalue weighted by atomic mass is 16.2. The number of rotatable bonds is 7. The molecule has 0 radical (unpaired) electrons. The summed E-state index contributed by atoms with van der Waals surface area (Å²) in [5.41, 5.74) is 2.92. The summed E-state index contributed by atoms with van der Waals surface area (Å²) >= 11 is 0. The summed E-state index contributed by atoms with van der Waals surface area (Å²) in [6, 6.07) is 20.3. The third kappa shape index (κ3) is 4.42. The molecule has 21 heavy (non-hydrogen) atoms. The molecule has 0 amide bonds. The molecule has 0 bridgehead atoms. The van der Waals surface area contributed by atoms with E-state index in [1.807, 2.05) is 42.5 Å². The van der Waals surface area contributed by atoms with Gasteiger partial charge in [0.2, 0.25) is 0 Å². The van der Waals surface area contributed by atoms with Crippen LogP contribution < -0.4 is 5.32 Å².